The number of hydrogen-bond donors (Lipinski definition) is 1. The quantitative estimate of drug-likeness (QED) is 0.890. The van der Waals surface area contributed by atoms with Crippen molar-refractivity contribution < 1.29 is 14.3 Å². The predicted molar refractivity (Wildman–Crippen MR) is 86.2 cm³/mol. The largest absolute Gasteiger partial charge is 0.496 e. The lowest BCUT2D eigenvalue weighted by atomic mass is 10.1. The van der Waals surface area contributed by atoms with Gasteiger partial charge in [-0.25, -0.2) is 0 Å². The van der Waals surface area contributed by atoms with E-state index in [2.05, 4.69) is 5.32 Å². The summed E-state index contributed by atoms with van der Waals surface area (Å²) >= 11 is 0. The minimum Gasteiger partial charge on any atom is -0.496 e. The molecule has 2 aromatic carbocycles. The van der Waals surface area contributed by atoms with E-state index in [9.17, 15) is 4.79 Å². The van der Waals surface area contributed by atoms with Gasteiger partial charge in [-0.1, -0.05) is 35.9 Å². The van der Waals surface area contributed by atoms with Gasteiger partial charge < -0.3 is 14.8 Å². The molecule has 0 aliphatic rings. The number of carbonyl (C=O) groups excluding carboxylic acids is 1. The fraction of sp³-hybridized carbons (Fsp3) is 0.278. The lowest BCUT2D eigenvalue weighted by molar-refractivity contribution is -0.123. The van der Waals surface area contributed by atoms with Gasteiger partial charge in [-0.2, -0.15) is 0 Å². The number of hydrogen-bond acceptors (Lipinski definition) is 3. The molecule has 4 heteroatoms. The molecular weight excluding hydrogens is 278 g/mol. The molecule has 2 aromatic rings. The van der Waals surface area contributed by atoms with E-state index in [1.165, 1.54) is 0 Å². The van der Waals surface area contributed by atoms with Gasteiger partial charge in [0.15, 0.2) is 6.61 Å². The highest BCUT2D eigenvalue weighted by molar-refractivity contribution is 5.78. The van der Waals surface area contributed by atoms with Crippen LogP contribution in [0.3, 0.4) is 0 Å². The van der Waals surface area contributed by atoms with Crippen LogP contribution in [-0.4, -0.2) is 19.6 Å². The lowest BCUT2D eigenvalue weighted by Crippen LogP contribution is -2.31. The maximum absolute atomic E-state index is 12.0. The molecule has 0 heterocycles. The molecule has 0 spiro atoms. The average molecular weight is 299 g/mol. The summed E-state index contributed by atoms with van der Waals surface area (Å²) in [6, 6.07) is 15.1. The van der Waals surface area contributed by atoms with E-state index in [-0.39, 0.29) is 18.6 Å². The predicted octanol–water partition coefficient (Wildman–Crippen LogP) is 3.26. The Morgan fingerprint density at radius 2 is 1.82 bits per heavy atom. The summed E-state index contributed by atoms with van der Waals surface area (Å²) in [5.74, 6) is 1.28. The minimum absolute atomic E-state index is 0.0114. The summed E-state index contributed by atoms with van der Waals surface area (Å²) in [6.45, 7) is 3.91. The first-order valence-electron chi connectivity index (χ1n) is 7.22. The zero-order chi connectivity index (χ0) is 15.9. The Morgan fingerprint density at radius 3 is 2.50 bits per heavy atom. The normalized spacial score (nSPS) is 11.6. The summed E-state index contributed by atoms with van der Waals surface area (Å²) in [5, 5.41) is 2.91. The monoisotopic (exact) mass is 299 g/mol. The number of rotatable bonds is 6. The van der Waals surface area contributed by atoms with Crippen LogP contribution in [0.4, 0.5) is 0 Å². The highest BCUT2D eigenvalue weighted by Gasteiger charge is 2.13. The van der Waals surface area contributed by atoms with E-state index in [1.807, 2.05) is 62.4 Å². The number of amides is 1. The van der Waals surface area contributed by atoms with Crippen molar-refractivity contribution in [3.8, 4) is 11.5 Å². The molecule has 0 bridgehead atoms. The van der Waals surface area contributed by atoms with Crippen molar-refractivity contribution in [3.05, 3.63) is 59.7 Å². The Bertz CT molecular complexity index is 622. The minimum atomic E-state index is -0.168. The fourth-order valence-corrected chi connectivity index (χ4v) is 2.17. The van der Waals surface area contributed by atoms with Gasteiger partial charge in [0, 0.05) is 5.56 Å². The first kappa shape index (κ1) is 15.9. The van der Waals surface area contributed by atoms with Gasteiger partial charge in [-0.15, -0.1) is 0 Å². The van der Waals surface area contributed by atoms with E-state index in [1.54, 1.807) is 7.11 Å². The Morgan fingerprint density at radius 1 is 1.14 bits per heavy atom. The third-order valence-corrected chi connectivity index (χ3v) is 3.37. The smallest absolute Gasteiger partial charge is 0.258 e. The van der Waals surface area contributed by atoms with Crippen molar-refractivity contribution in [2.24, 2.45) is 0 Å². The molecule has 4 nitrogen and oxygen atoms in total. The molecule has 0 aromatic heterocycles. The van der Waals surface area contributed by atoms with Gasteiger partial charge >= 0.3 is 0 Å². The van der Waals surface area contributed by atoms with Crippen molar-refractivity contribution in [2.45, 2.75) is 19.9 Å². The SMILES string of the molecule is COc1ccccc1[C@@H](C)NC(=O)COc1ccc(C)cc1. The number of aryl methyl sites for hydroxylation is 1. The summed E-state index contributed by atoms with van der Waals surface area (Å²) in [7, 11) is 1.62. The van der Waals surface area contributed by atoms with Gasteiger partial charge in [-0.3, -0.25) is 4.79 Å². The number of carbonyl (C=O) groups is 1. The Balaban J connectivity index is 1.90. The zero-order valence-corrected chi connectivity index (χ0v) is 13.1. The number of nitrogens with one attached hydrogen (secondary N) is 1. The number of para-hydroxylation sites is 1. The molecule has 0 fully saturated rings. The van der Waals surface area contributed by atoms with Crippen molar-refractivity contribution in [2.75, 3.05) is 13.7 Å². The topological polar surface area (TPSA) is 47.6 Å². The van der Waals surface area contributed by atoms with Gasteiger partial charge in [0.1, 0.15) is 11.5 Å². The molecule has 0 aliphatic carbocycles. The van der Waals surface area contributed by atoms with Gasteiger partial charge in [0.2, 0.25) is 0 Å². The van der Waals surface area contributed by atoms with E-state index < -0.39 is 0 Å². The third kappa shape index (κ3) is 4.25. The molecule has 0 radical (unpaired) electrons. The van der Waals surface area contributed by atoms with Crippen LogP contribution in [0.1, 0.15) is 24.1 Å². The standard InChI is InChI=1S/C18H21NO3/c1-13-8-10-15(11-9-13)22-12-18(20)19-14(2)16-6-4-5-7-17(16)21-3/h4-11,14H,12H2,1-3H3,(H,19,20)/t14-/m1/s1. The van der Waals surface area contributed by atoms with Crippen molar-refractivity contribution in [1.29, 1.82) is 0 Å². The highest BCUT2D eigenvalue weighted by atomic mass is 16.5. The van der Waals surface area contributed by atoms with Crippen LogP contribution in [0.2, 0.25) is 0 Å². The van der Waals surface area contributed by atoms with Gasteiger partial charge in [0.05, 0.1) is 13.2 Å². The summed E-state index contributed by atoms with van der Waals surface area (Å²) in [6.07, 6.45) is 0. The number of benzene rings is 2. The molecule has 22 heavy (non-hydrogen) atoms. The first-order chi connectivity index (χ1) is 10.6. The van der Waals surface area contributed by atoms with Crippen molar-refractivity contribution in [3.63, 3.8) is 0 Å². The van der Waals surface area contributed by atoms with Crippen LogP contribution in [0.25, 0.3) is 0 Å². The molecule has 2 rings (SSSR count). The van der Waals surface area contributed by atoms with Crippen LogP contribution >= 0.6 is 0 Å². The summed E-state index contributed by atoms with van der Waals surface area (Å²) in [5.41, 5.74) is 2.09. The molecule has 116 valence electrons. The van der Waals surface area contributed by atoms with Gasteiger partial charge in [-0.05, 0) is 32.0 Å². The van der Waals surface area contributed by atoms with Crippen LogP contribution in [0.5, 0.6) is 11.5 Å². The van der Waals surface area contributed by atoms with E-state index >= 15 is 0 Å². The average Bonchev–Trinajstić information content (AvgIpc) is 2.54. The van der Waals surface area contributed by atoms with Crippen LogP contribution in [0.15, 0.2) is 48.5 Å². The Labute approximate surface area is 131 Å². The van der Waals surface area contributed by atoms with E-state index in [0.717, 1.165) is 16.9 Å². The maximum Gasteiger partial charge on any atom is 0.258 e. The highest BCUT2D eigenvalue weighted by Crippen LogP contribution is 2.24. The van der Waals surface area contributed by atoms with Crippen molar-refractivity contribution in [1.82, 2.24) is 5.32 Å². The zero-order valence-electron chi connectivity index (χ0n) is 13.1. The number of ether oxygens (including phenoxy) is 2. The Kier molecular flexibility index (Phi) is 5.42. The van der Waals surface area contributed by atoms with Crippen LogP contribution in [0, 0.1) is 6.92 Å². The first-order valence-corrected chi connectivity index (χ1v) is 7.22. The summed E-state index contributed by atoms with van der Waals surface area (Å²) < 4.78 is 10.8. The molecule has 0 saturated heterocycles. The Hall–Kier alpha value is -2.49. The van der Waals surface area contributed by atoms with Crippen molar-refractivity contribution >= 4 is 5.91 Å². The third-order valence-electron chi connectivity index (χ3n) is 3.37. The fourth-order valence-electron chi connectivity index (χ4n) is 2.17. The van der Waals surface area contributed by atoms with Crippen LogP contribution in [-0.2, 0) is 4.79 Å². The lowest BCUT2D eigenvalue weighted by Gasteiger charge is -2.17. The van der Waals surface area contributed by atoms with Gasteiger partial charge in [0.25, 0.3) is 5.91 Å². The summed E-state index contributed by atoms with van der Waals surface area (Å²) in [4.78, 5) is 12.0. The molecule has 1 atom stereocenters. The van der Waals surface area contributed by atoms with E-state index in [4.69, 9.17) is 9.47 Å². The second-order valence-corrected chi connectivity index (χ2v) is 5.13. The number of methoxy groups -OCH3 is 1. The maximum atomic E-state index is 12.0. The molecule has 0 aliphatic heterocycles. The van der Waals surface area contributed by atoms with Crippen LogP contribution < -0.4 is 14.8 Å². The second kappa shape index (κ2) is 7.50. The van der Waals surface area contributed by atoms with E-state index in [0.29, 0.717) is 5.75 Å². The molecule has 1 amide bonds. The molecule has 1 N–H and O–H groups in total. The molecular formula is C18H21NO3. The molecule has 0 saturated carbocycles. The molecule has 0 unspecified atom stereocenters. The second-order valence-electron chi connectivity index (χ2n) is 5.13.